The maximum absolute atomic E-state index is 4.21. The molecule has 0 amide bonds. The maximum Gasteiger partial charge on any atom is 0.0385 e. The van der Waals surface area contributed by atoms with Crippen LogP contribution in [0.15, 0.2) is 21.3 Å². The van der Waals surface area contributed by atoms with Crippen LogP contribution in [0.4, 0.5) is 0 Å². The maximum atomic E-state index is 4.21. The topological polar surface area (TPSA) is 24.7 Å². The van der Waals surface area contributed by atoms with Gasteiger partial charge in [-0.15, -0.1) is 0 Å². The molecule has 0 saturated heterocycles. The molecule has 0 aromatic heterocycles. The van der Waals surface area contributed by atoms with Crippen LogP contribution in [0, 0.1) is 5.92 Å². The van der Waals surface area contributed by atoms with E-state index in [9.17, 15) is 0 Å². The number of rotatable bonds is 11. The first-order chi connectivity index (χ1) is 8.65. The second-order valence-corrected chi connectivity index (χ2v) is 5.24. The zero-order valence-corrected chi connectivity index (χ0v) is 12.5. The molecule has 0 saturated carbocycles. The average molecular weight is 250 g/mol. The molecule has 0 N–H and O–H groups in total. The first-order valence-corrected chi connectivity index (χ1v) is 7.23. The lowest BCUT2D eigenvalue weighted by atomic mass is 9.95. The molecule has 1 unspecified atom stereocenters. The van der Waals surface area contributed by atoms with Gasteiger partial charge in [-0.25, -0.2) is 0 Å². The molecule has 0 aromatic rings. The first kappa shape index (κ1) is 17.1. The van der Waals surface area contributed by atoms with Crippen LogP contribution in [0.5, 0.6) is 0 Å². The summed E-state index contributed by atoms with van der Waals surface area (Å²) < 4.78 is 0. The quantitative estimate of drug-likeness (QED) is 0.362. The molecule has 0 rings (SSSR count). The van der Waals surface area contributed by atoms with E-state index in [1.807, 2.05) is 0 Å². The molecule has 0 fully saturated rings. The molecule has 0 radical (unpaired) electrons. The summed E-state index contributed by atoms with van der Waals surface area (Å²) in [6, 6.07) is 0. The highest BCUT2D eigenvalue weighted by Crippen LogP contribution is 2.22. The van der Waals surface area contributed by atoms with E-state index < -0.39 is 0 Å². The van der Waals surface area contributed by atoms with Crippen molar-refractivity contribution in [3.05, 3.63) is 11.3 Å². The van der Waals surface area contributed by atoms with Crippen molar-refractivity contribution in [2.45, 2.75) is 65.7 Å². The first-order valence-electron chi connectivity index (χ1n) is 7.23. The van der Waals surface area contributed by atoms with E-state index >= 15 is 0 Å². The highest BCUT2D eigenvalue weighted by molar-refractivity contribution is 5.30. The van der Waals surface area contributed by atoms with E-state index in [1.165, 1.54) is 37.0 Å². The van der Waals surface area contributed by atoms with Gasteiger partial charge < -0.3 is 4.99 Å². The van der Waals surface area contributed by atoms with Crippen molar-refractivity contribution in [2.75, 3.05) is 6.54 Å². The van der Waals surface area contributed by atoms with Crippen LogP contribution in [-0.4, -0.2) is 20.0 Å². The van der Waals surface area contributed by atoms with E-state index in [2.05, 4.69) is 44.2 Å². The second kappa shape index (κ2) is 11.2. The Bertz CT molecular complexity index is 266. The Hall–Kier alpha value is -0.920. The molecule has 18 heavy (non-hydrogen) atoms. The fourth-order valence-electron chi connectivity index (χ4n) is 2.36. The van der Waals surface area contributed by atoms with Gasteiger partial charge in [-0.3, -0.25) is 4.99 Å². The van der Waals surface area contributed by atoms with E-state index in [0.717, 1.165) is 31.7 Å². The summed E-state index contributed by atoms with van der Waals surface area (Å²) in [5, 5.41) is 0. The number of hydrogen-bond acceptors (Lipinski definition) is 2. The van der Waals surface area contributed by atoms with Crippen molar-refractivity contribution in [2.24, 2.45) is 15.9 Å². The SMILES string of the molecule is C=NCCCCCC(N=C)=C(C)CC(C)CCC. The minimum atomic E-state index is 0.761. The Labute approximate surface area is 113 Å². The standard InChI is InChI=1S/C16H30N2/c1-6-10-14(2)13-15(3)16(18-5)11-8-7-9-12-17-4/h14H,4-13H2,1-3H3. The average Bonchev–Trinajstić information content (AvgIpc) is 2.33. The van der Waals surface area contributed by atoms with Gasteiger partial charge in [0.2, 0.25) is 0 Å². The molecule has 0 aliphatic rings. The van der Waals surface area contributed by atoms with Gasteiger partial charge in [0.05, 0.1) is 0 Å². The summed E-state index contributed by atoms with van der Waals surface area (Å²) in [6.45, 7) is 14.9. The zero-order valence-electron chi connectivity index (χ0n) is 12.5. The van der Waals surface area contributed by atoms with Crippen molar-refractivity contribution in [3.63, 3.8) is 0 Å². The fraction of sp³-hybridized carbons (Fsp3) is 0.750. The molecule has 0 aromatic carbocycles. The second-order valence-electron chi connectivity index (χ2n) is 5.24. The predicted octanol–water partition coefficient (Wildman–Crippen LogP) is 5.05. The summed E-state index contributed by atoms with van der Waals surface area (Å²) in [4.78, 5) is 8.08. The van der Waals surface area contributed by atoms with Crippen LogP contribution in [0.25, 0.3) is 0 Å². The van der Waals surface area contributed by atoms with Gasteiger partial charge in [0.15, 0.2) is 0 Å². The smallest absolute Gasteiger partial charge is 0.0385 e. The third kappa shape index (κ3) is 8.21. The molecule has 0 spiro atoms. The molecule has 104 valence electrons. The van der Waals surface area contributed by atoms with Gasteiger partial charge in [0.25, 0.3) is 0 Å². The molecule has 0 aliphatic heterocycles. The Morgan fingerprint density at radius 1 is 1.17 bits per heavy atom. The number of aliphatic imine (C=N–C) groups is 2. The highest BCUT2D eigenvalue weighted by Gasteiger charge is 2.06. The van der Waals surface area contributed by atoms with Gasteiger partial charge in [-0.2, -0.15) is 0 Å². The van der Waals surface area contributed by atoms with Gasteiger partial charge >= 0.3 is 0 Å². The zero-order chi connectivity index (χ0) is 13.8. The fourth-order valence-corrected chi connectivity index (χ4v) is 2.36. The minimum Gasteiger partial charge on any atom is -0.301 e. The van der Waals surface area contributed by atoms with Crippen LogP contribution in [0.1, 0.15) is 65.7 Å². The van der Waals surface area contributed by atoms with Gasteiger partial charge in [-0.1, -0.05) is 38.7 Å². The van der Waals surface area contributed by atoms with Gasteiger partial charge in [0.1, 0.15) is 0 Å². The van der Waals surface area contributed by atoms with Crippen LogP contribution in [0.2, 0.25) is 0 Å². The van der Waals surface area contributed by atoms with Gasteiger partial charge in [-0.05, 0) is 52.0 Å². The summed E-state index contributed by atoms with van der Waals surface area (Å²) in [7, 11) is 0. The van der Waals surface area contributed by atoms with Gasteiger partial charge in [0, 0.05) is 12.2 Å². The van der Waals surface area contributed by atoms with Crippen molar-refractivity contribution in [3.8, 4) is 0 Å². The molecular weight excluding hydrogens is 220 g/mol. The monoisotopic (exact) mass is 250 g/mol. The summed E-state index contributed by atoms with van der Waals surface area (Å²) in [5.74, 6) is 0.761. The van der Waals surface area contributed by atoms with E-state index in [-0.39, 0.29) is 0 Å². The van der Waals surface area contributed by atoms with Crippen molar-refractivity contribution < 1.29 is 0 Å². The number of nitrogens with zero attached hydrogens (tertiary/aromatic N) is 2. The highest BCUT2D eigenvalue weighted by atomic mass is 14.7. The molecule has 0 bridgehead atoms. The van der Waals surface area contributed by atoms with E-state index in [1.54, 1.807) is 0 Å². The normalized spacial score (nSPS) is 13.9. The van der Waals surface area contributed by atoms with Crippen LogP contribution < -0.4 is 0 Å². The largest absolute Gasteiger partial charge is 0.301 e. The molecule has 0 heterocycles. The number of allylic oxidation sites excluding steroid dienone is 2. The lowest BCUT2D eigenvalue weighted by Crippen LogP contribution is -1.97. The summed E-state index contributed by atoms with van der Waals surface area (Å²) in [6.07, 6.45) is 8.31. The lowest BCUT2D eigenvalue weighted by Gasteiger charge is -2.13. The van der Waals surface area contributed by atoms with E-state index in [0.29, 0.717) is 0 Å². The molecular formula is C16H30N2. The molecule has 2 nitrogen and oxygen atoms in total. The molecule has 1 atom stereocenters. The summed E-state index contributed by atoms with van der Waals surface area (Å²) >= 11 is 0. The Morgan fingerprint density at radius 3 is 2.44 bits per heavy atom. The number of hydrogen-bond donors (Lipinski definition) is 0. The lowest BCUT2D eigenvalue weighted by molar-refractivity contribution is 0.516. The van der Waals surface area contributed by atoms with Crippen LogP contribution >= 0.6 is 0 Å². The van der Waals surface area contributed by atoms with Crippen molar-refractivity contribution >= 4 is 13.4 Å². The Kier molecular flexibility index (Phi) is 10.6. The molecule has 0 aliphatic carbocycles. The van der Waals surface area contributed by atoms with Crippen molar-refractivity contribution in [1.82, 2.24) is 0 Å². The Balaban J connectivity index is 4.09. The summed E-state index contributed by atoms with van der Waals surface area (Å²) in [5.41, 5.74) is 2.64. The Morgan fingerprint density at radius 2 is 1.89 bits per heavy atom. The van der Waals surface area contributed by atoms with Crippen LogP contribution in [-0.2, 0) is 0 Å². The third-order valence-corrected chi connectivity index (χ3v) is 3.35. The van der Waals surface area contributed by atoms with Crippen LogP contribution in [0.3, 0.4) is 0 Å². The van der Waals surface area contributed by atoms with Crippen molar-refractivity contribution in [1.29, 1.82) is 0 Å². The number of unbranched alkanes of at least 4 members (excludes halogenated alkanes) is 2. The molecule has 2 heteroatoms. The minimum absolute atomic E-state index is 0.761. The third-order valence-electron chi connectivity index (χ3n) is 3.35. The predicted molar refractivity (Wildman–Crippen MR) is 83.8 cm³/mol. The van der Waals surface area contributed by atoms with E-state index in [4.69, 9.17) is 0 Å².